The van der Waals surface area contributed by atoms with Crippen LogP contribution < -0.4 is 5.32 Å². The van der Waals surface area contributed by atoms with Gasteiger partial charge in [-0.1, -0.05) is 35.9 Å². The molecule has 1 aliphatic rings. The highest BCUT2D eigenvalue weighted by Gasteiger charge is 2.23. The Kier molecular flexibility index (Phi) is 6.24. The molecule has 0 spiro atoms. The van der Waals surface area contributed by atoms with Crippen LogP contribution in [0.3, 0.4) is 0 Å². The summed E-state index contributed by atoms with van der Waals surface area (Å²) in [6, 6.07) is 13.5. The first-order valence-electron chi connectivity index (χ1n) is 8.81. The normalized spacial score (nSPS) is 15.1. The molecule has 140 valence electrons. The molecule has 1 aliphatic heterocycles. The third-order valence-corrected chi connectivity index (χ3v) is 4.83. The highest BCUT2D eigenvalue weighted by atomic mass is 35.5. The summed E-state index contributed by atoms with van der Waals surface area (Å²) in [6.45, 7) is 1.15. The zero-order valence-corrected chi connectivity index (χ0v) is 15.5. The molecule has 2 aromatic rings. The molecule has 0 unspecified atom stereocenters. The average molecular weight is 387 g/mol. The molecule has 0 saturated carbocycles. The van der Waals surface area contributed by atoms with Crippen LogP contribution in [0.5, 0.6) is 0 Å². The number of hydrogen-bond acceptors (Lipinski definition) is 2. The monoisotopic (exact) mass is 386 g/mol. The van der Waals surface area contributed by atoms with E-state index in [1.807, 2.05) is 18.2 Å². The molecule has 27 heavy (non-hydrogen) atoms. The Labute approximate surface area is 162 Å². The SMILES string of the molecule is O=C(NC1CCN(C(=O)C=Cc2ccc(F)c(Cl)c2)CC1)c1ccccc1. The van der Waals surface area contributed by atoms with Gasteiger partial charge >= 0.3 is 0 Å². The summed E-state index contributed by atoms with van der Waals surface area (Å²) >= 11 is 5.74. The van der Waals surface area contributed by atoms with Crippen LogP contribution in [0.2, 0.25) is 5.02 Å². The molecule has 3 rings (SSSR count). The van der Waals surface area contributed by atoms with E-state index in [0.717, 1.165) is 0 Å². The van der Waals surface area contributed by atoms with Crippen LogP contribution in [0.1, 0.15) is 28.8 Å². The Balaban J connectivity index is 1.49. The lowest BCUT2D eigenvalue weighted by molar-refractivity contribution is -0.126. The van der Waals surface area contributed by atoms with Crippen molar-refractivity contribution in [3.63, 3.8) is 0 Å². The van der Waals surface area contributed by atoms with E-state index in [-0.39, 0.29) is 22.9 Å². The van der Waals surface area contributed by atoms with Crippen molar-refractivity contribution in [2.45, 2.75) is 18.9 Å². The first-order valence-corrected chi connectivity index (χ1v) is 9.18. The van der Waals surface area contributed by atoms with Crippen molar-refractivity contribution in [1.29, 1.82) is 0 Å². The number of nitrogens with one attached hydrogen (secondary N) is 1. The largest absolute Gasteiger partial charge is 0.349 e. The maximum Gasteiger partial charge on any atom is 0.251 e. The Hall–Kier alpha value is -2.66. The van der Waals surface area contributed by atoms with Gasteiger partial charge in [-0.3, -0.25) is 9.59 Å². The van der Waals surface area contributed by atoms with Gasteiger partial charge in [0.25, 0.3) is 5.91 Å². The third kappa shape index (κ3) is 5.17. The average Bonchev–Trinajstić information content (AvgIpc) is 2.70. The van der Waals surface area contributed by atoms with Crippen molar-refractivity contribution in [3.8, 4) is 0 Å². The molecule has 0 aliphatic carbocycles. The minimum Gasteiger partial charge on any atom is -0.349 e. The highest BCUT2D eigenvalue weighted by molar-refractivity contribution is 6.30. The summed E-state index contributed by atoms with van der Waals surface area (Å²) in [4.78, 5) is 26.3. The molecule has 1 saturated heterocycles. The van der Waals surface area contributed by atoms with Crippen LogP contribution in [0, 0.1) is 5.82 Å². The predicted octanol–water partition coefficient (Wildman–Crippen LogP) is 3.91. The summed E-state index contributed by atoms with van der Waals surface area (Å²) in [5, 5.41) is 3.05. The zero-order valence-electron chi connectivity index (χ0n) is 14.7. The lowest BCUT2D eigenvalue weighted by Crippen LogP contribution is -2.46. The Bertz CT molecular complexity index is 847. The smallest absolute Gasteiger partial charge is 0.251 e. The van der Waals surface area contributed by atoms with E-state index in [1.165, 1.54) is 18.2 Å². The van der Waals surface area contributed by atoms with Gasteiger partial charge in [-0.2, -0.15) is 0 Å². The highest BCUT2D eigenvalue weighted by Crippen LogP contribution is 2.17. The van der Waals surface area contributed by atoms with E-state index in [1.54, 1.807) is 29.2 Å². The van der Waals surface area contributed by atoms with Gasteiger partial charge in [-0.25, -0.2) is 4.39 Å². The molecular weight excluding hydrogens is 367 g/mol. The number of rotatable bonds is 4. The number of benzene rings is 2. The minimum absolute atomic E-state index is 0.0274. The van der Waals surface area contributed by atoms with Crippen molar-refractivity contribution < 1.29 is 14.0 Å². The molecule has 1 heterocycles. The number of nitrogens with zero attached hydrogens (tertiary/aromatic N) is 1. The molecule has 0 aromatic heterocycles. The number of carbonyl (C=O) groups excluding carboxylic acids is 2. The van der Waals surface area contributed by atoms with Crippen LogP contribution in [0.15, 0.2) is 54.6 Å². The molecule has 1 N–H and O–H groups in total. The molecule has 2 amide bonds. The number of piperidine rings is 1. The van der Waals surface area contributed by atoms with E-state index in [0.29, 0.717) is 37.1 Å². The molecule has 0 radical (unpaired) electrons. The standard InChI is InChI=1S/C21H20ClFN2O2/c22-18-14-15(6-8-19(18)23)7-9-20(26)25-12-10-17(11-13-25)24-21(27)16-4-2-1-3-5-16/h1-9,14,17H,10-13H2,(H,24,27). The fraction of sp³-hybridized carbons (Fsp3) is 0.238. The van der Waals surface area contributed by atoms with Gasteiger partial charge in [0, 0.05) is 30.8 Å². The third-order valence-electron chi connectivity index (χ3n) is 4.54. The summed E-state index contributed by atoms with van der Waals surface area (Å²) in [5.41, 5.74) is 1.30. The summed E-state index contributed by atoms with van der Waals surface area (Å²) < 4.78 is 13.2. The van der Waals surface area contributed by atoms with Crippen LogP contribution in [0.25, 0.3) is 6.08 Å². The summed E-state index contributed by atoms with van der Waals surface area (Å²) in [5.74, 6) is -0.684. The number of carbonyl (C=O) groups is 2. The van der Waals surface area contributed by atoms with Crippen LogP contribution in [0.4, 0.5) is 4.39 Å². The topological polar surface area (TPSA) is 49.4 Å². The second kappa shape index (κ2) is 8.82. The molecule has 1 fully saturated rings. The van der Waals surface area contributed by atoms with E-state index < -0.39 is 5.82 Å². The Morgan fingerprint density at radius 3 is 2.48 bits per heavy atom. The van der Waals surface area contributed by atoms with Crippen LogP contribution >= 0.6 is 11.6 Å². The van der Waals surface area contributed by atoms with Gasteiger partial charge in [0.1, 0.15) is 5.82 Å². The maximum absolute atomic E-state index is 13.2. The molecule has 2 aromatic carbocycles. The second-order valence-electron chi connectivity index (χ2n) is 6.45. The number of amides is 2. The fourth-order valence-electron chi connectivity index (χ4n) is 2.99. The van der Waals surface area contributed by atoms with Crippen molar-refractivity contribution in [3.05, 3.63) is 76.6 Å². The lowest BCUT2D eigenvalue weighted by atomic mass is 10.0. The van der Waals surface area contributed by atoms with E-state index in [4.69, 9.17) is 11.6 Å². The van der Waals surface area contributed by atoms with Crippen LogP contribution in [-0.2, 0) is 4.79 Å². The second-order valence-corrected chi connectivity index (χ2v) is 6.85. The first kappa shape index (κ1) is 19.1. The summed E-state index contributed by atoms with van der Waals surface area (Å²) in [6.07, 6.45) is 4.50. The molecule has 0 bridgehead atoms. The number of likely N-dealkylation sites (tertiary alicyclic amines) is 1. The maximum atomic E-state index is 13.2. The van der Waals surface area contributed by atoms with Gasteiger partial charge in [-0.05, 0) is 48.7 Å². The Morgan fingerprint density at radius 1 is 1.11 bits per heavy atom. The quantitative estimate of drug-likeness (QED) is 0.810. The zero-order chi connectivity index (χ0) is 19.2. The van der Waals surface area contributed by atoms with Gasteiger partial charge in [0.2, 0.25) is 5.91 Å². The predicted molar refractivity (Wildman–Crippen MR) is 104 cm³/mol. The number of hydrogen-bond donors (Lipinski definition) is 1. The van der Waals surface area contributed by atoms with Crippen molar-refractivity contribution in [2.75, 3.05) is 13.1 Å². The summed E-state index contributed by atoms with van der Waals surface area (Å²) in [7, 11) is 0. The fourth-order valence-corrected chi connectivity index (χ4v) is 3.18. The molecule has 4 nitrogen and oxygen atoms in total. The van der Waals surface area contributed by atoms with Gasteiger partial charge in [0.15, 0.2) is 0 Å². The number of halogens is 2. The van der Waals surface area contributed by atoms with Crippen molar-refractivity contribution >= 4 is 29.5 Å². The Morgan fingerprint density at radius 2 is 1.81 bits per heavy atom. The molecular formula is C21H20ClFN2O2. The van der Waals surface area contributed by atoms with Crippen molar-refractivity contribution in [2.24, 2.45) is 0 Å². The van der Waals surface area contributed by atoms with Gasteiger partial charge in [-0.15, -0.1) is 0 Å². The first-order chi connectivity index (χ1) is 13.0. The minimum atomic E-state index is -0.486. The molecule has 6 heteroatoms. The molecule has 0 atom stereocenters. The van der Waals surface area contributed by atoms with E-state index >= 15 is 0 Å². The van der Waals surface area contributed by atoms with Crippen LogP contribution in [-0.4, -0.2) is 35.8 Å². The van der Waals surface area contributed by atoms with Gasteiger partial charge < -0.3 is 10.2 Å². The van der Waals surface area contributed by atoms with Crippen molar-refractivity contribution in [1.82, 2.24) is 10.2 Å². The van der Waals surface area contributed by atoms with E-state index in [9.17, 15) is 14.0 Å². The van der Waals surface area contributed by atoms with E-state index in [2.05, 4.69) is 5.32 Å². The van der Waals surface area contributed by atoms with Gasteiger partial charge in [0.05, 0.1) is 5.02 Å². The lowest BCUT2D eigenvalue weighted by Gasteiger charge is -2.31.